The predicted molar refractivity (Wildman–Crippen MR) is 160 cm³/mol. The van der Waals surface area contributed by atoms with E-state index in [-0.39, 0.29) is 32.1 Å². The summed E-state index contributed by atoms with van der Waals surface area (Å²) in [5, 5.41) is 12.5. The van der Waals surface area contributed by atoms with Crippen molar-refractivity contribution < 1.29 is 37.9 Å². The maximum absolute atomic E-state index is 11.9. The van der Waals surface area contributed by atoms with Crippen molar-refractivity contribution in [3.63, 3.8) is 0 Å². The van der Waals surface area contributed by atoms with Gasteiger partial charge in [-0.2, -0.15) is 0 Å². The first-order chi connectivity index (χ1) is 19.3. The molecular weight excluding hydrogens is 533 g/mol. The number of hydrogen-bond donors (Lipinski definition) is 3. The van der Waals surface area contributed by atoms with Crippen LogP contribution in [0.4, 0.5) is 0 Å². The molecule has 0 heterocycles. The van der Waals surface area contributed by atoms with Crippen molar-refractivity contribution in [2.24, 2.45) is 0 Å². The van der Waals surface area contributed by atoms with E-state index in [4.69, 9.17) is 13.8 Å². The molecule has 0 aliphatic rings. The highest BCUT2D eigenvalue weighted by Gasteiger charge is 2.23. The van der Waals surface area contributed by atoms with Gasteiger partial charge in [0.2, 0.25) is 5.91 Å². The Hall–Kier alpha value is -1.25. The lowest BCUT2D eigenvalue weighted by molar-refractivity contribution is -0.147. The quantitative estimate of drug-likeness (QED) is 0.0362. The maximum atomic E-state index is 11.9. The monoisotopic (exact) mass is 591 g/mol. The van der Waals surface area contributed by atoms with E-state index in [0.717, 1.165) is 57.8 Å². The first-order valence-corrected chi connectivity index (χ1v) is 17.2. The van der Waals surface area contributed by atoms with Gasteiger partial charge >= 0.3 is 13.8 Å². The summed E-state index contributed by atoms with van der Waals surface area (Å²) in [7, 11) is -4.39. The smallest absolute Gasteiger partial charge is 0.463 e. The molecule has 236 valence electrons. The second-order valence-electron chi connectivity index (χ2n) is 10.4. The number of carbonyl (C=O) groups is 2. The minimum absolute atomic E-state index is 0.0795. The molecular formula is C30H58NO8P. The molecule has 3 N–H and O–H groups in total. The van der Waals surface area contributed by atoms with Gasteiger partial charge in [0.15, 0.2) is 0 Å². The lowest BCUT2D eigenvalue weighted by atomic mass is 10.1. The van der Waals surface area contributed by atoms with Gasteiger partial charge in [-0.1, -0.05) is 96.6 Å². The molecule has 0 aliphatic heterocycles. The van der Waals surface area contributed by atoms with Crippen LogP contribution in [0, 0.1) is 0 Å². The fourth-order valence-corrected chi connectivity index (χ4v) is 4.78. The van der Waals surface area contributed by atoms with Crippen LogP contribution in [0.1, 0.15) is 136 Å². The summed E-state index contributed by atoms with van der Waals surface area (Å²) >= 11 is 0. The Kier molecular flexibility index (Phi) is 27.0. The molecule has 2 unspecified atom stereocenters. The van der Waals surface area contributed by atoms with E-state index < -0.39 is 26.5 Å². The predicted octanol–water partition coefficient (Wildman–Crippen LogP) is 7.15. The highest BCUT2D eigenvalue weighted by atomic mass is 31.2. The third kappa shape index (κ3) is 28.3. The Morgan fingerprint density at radius 1 is 0.750 bits per heavy atom. The van der Waals surface area contributed by atoms with Crippen molar-refractivity contribution in [2.45, 2.75) is 142 Å². The molecule has 40 heavy (non-hydrogen) atoms. The molecule has 0 saturated carbocycles. The molecule has 0 aromatic rings. The number of hydrogen-bond acceptors (Lipinski definition) is 7. The van der Waals surface area contributed by atoms with E-state index in [0.29, 0.717) is 6.42 Å². The summed E-state index contributed by atoms with van der Waals surface area (Å²) in [4.78, 5) is 33.3. The van der Waals surface area contributed by atoms with Crippen molar-refractivity contribution >= 4 is 19.7 Å². The number of phosphoric acid groups is 1. The van der Waals surface area contributed by atoms with Crippen LogP contribution in [-0.4, -0.2) is 54.3 Å². The number of phosphoric ester groups is 1. The molecule has 0 spiro atoms. The minimum Gasteiger partial charge on any atom is -0.463 e. The molecule has 0 radical (unpaired) electrons. The Balaban J connectivity index is 3.64. The van der Waals surface area contributed by atoms with Crippen LogP contribution in [0.25, 0.3) is 0 Å². The summed E-state index contributed by atoms with van der Waals surface area (Å²) in [5.41, 5.74) is 0. The van der Waals surface area contributed by atoms with Crippen LogP contribution in [0.2, 0.25) is 0 Å². The number of unbranched alkanes of at least 4 members (excludes halogenated alkanes) is 14. The number of allylic oxidation sites excluding steroid dienone is 2. The molecule has 9 nitrogen and oxygen atoms in total. The average molecular weight is 592 g/mol. The molecule has 0 bridgehead atoms. The van der Waals surface area contributed by atoms with Gasteiger partial charge in [-0.15, -0.1) is 0 Å². The number of aliphatic hydroxyl groups is 1. The van der Waals surface area contributed by atoms with Crippen LogP contribution in [0.5, 0.6) is 0 Å². The first-order valence-electron chi connectivity index (χ1n) is 15.7. The molecule has 0 aromatic carbocycles. The van der Waals surface area contributed by atoms with Gasteiger partial charge in [0, 0.05) is 19.4 Å². The van der Waals surface area contributed by atoms with Gasteiger partial charge in [-0.05, 0) is 38.5 Å². The zero-order valence-corrected chi connectivity index (χ0v) is 26.2. The number of carbonyl (C=O) groups excluding carboxylic acids is 2. The van der Waals surface area contributed by atoms with Crippen LogP contribution >= 0.6 is 7.82 Å². The molecule has 1 amide bonds. The fraction of sp³-hybridized carbons (Fsp3) is 0.867. The second-order valence-corrected chi connectivity index (χ2v) is 11.9. The van der Waals surface area contributed by atoms with E-state index >= 15 is 0 Å². The minimum atomic E-state index is -4.39. The summed E-state index contributed by atoms with van der Waals surface area (Å²) in [6, 6.07) is 0. The van der Waals surface area contributed by atoms with Crippen LogP contribution in [0.15, 0.2) is 12.2 Å². The molecule has 0 aromatic heterocycles. The lowest BCUT2D eigenvalue weighted by Crippen LogP contribution is -2.27. The highest BCUT2D eigenvalue weighted by Crippen LogP contribution is 2.42. The van der Waals surface area contributed by atoms with Crippen molar-refractivity contribution in [2.75, 3.05) is 26.4 Å². The van der Waals surface area contributed by atoms with Crippen LogP contribution in [-0.2, 0) is 27.9 Å². The summed E-state index contributed by atoms with van der Waals surface area (Å²) in [6.45, 7) is 3.40. The van der Waals surface area contributed by atoms with Gasteiger partial charge in [0.05, 0.1) is 13.2 Å². The van der Waals surface area contributed by atoms with Gasteiger partial charge in [0.1, 0.15) is 12.7 Å². The summed E-state index contributed by atoms with van der Waals surface area (Å²) in [5.74, 6) is -0.539. The van der Waals surface area contributed by atoms with Crippen molar-refractivity contribution in [1.29, 1.82) is 0 Å². The standard InChI is InChI=1S/C30H58NO8P/c1-3-5-7-9-10-11-12-13-14-15-16-17-19-20-22-29(33)31-24-25-38-40(35,36)39-27-28(32)26-37-30(34)23-21-18-8-6-4-2/h12-13,28,32H,3-11,14-27H2,1-2H3,(H,31,33)(H,35,36)/b13-12-. The molecule has 2 atom stereocenters. The van der Waals surface area contributed by atoms with Crippen molar-refractivity contribution in [1.82, 2.24) is 5.32 Å². The van der Waals surface area contributed by atoms with Gasteiger partial charge < -0.3 is 20.1 Å². The fourth-order valence-electron chi connectivity index (χ4n) is 4.02. The Bertz CT molecular complexity index is 689. The topological polar surface area (TPSA) is 131 Å². The number of aliphatic hydroxyl groups excluding tert-OH is 1. The van der Waals surface area contributed by atoms with Gasteiger partial charge in [0.25, 0.3) is 0 Å². The SMILES string of the molecule is CCCCCCC/C=C\CCCCCCCC(=O)NCCOP(=O)(O)OCC(O)COC(=O)CCCCCCC. The Morgan fingerprint density at radius 3 is 1.88 bits per heavy atom. The maximum Gasteiger partial charge on any atom is 0.472 e. The van der Waals surface area contributed by atoms with Crippen molar-refractivity contribution in [3.05, 3.63) is 12.2 Å². The second kappa shape index (κ2) is 27.9. The summed E-state index contributed by atoms with van der Waals surface area (Å²) < 4.78 is 26.4. The molecule has 0 aliphatic carbocycles. The third-order valence-electron chi connectivity index (χ3n) is 6.45. The largest absolute Gasteiger partial charge is 0.472 e. The molecule has 0 fully saturated rings. The first kappa shape index (κ1) is 38.8. The van der Waals surface area contributed by atoms with E-state index in [2.05, 4.69) is 31.3 Å². The van der Waals surface area contributed by atoms with E-state index in [1.807, 2.05) is 0 Å². The highest BCUT2D eigenvalue weighted by molar-refractivity contribution is 7.47. The number of amides is 1. The van der Waals surface area contributed by atoms with Crippen LogP contribution < -0.4 is 5.32 Å². The number of rotatable bonds is 29. The third-order valence-corrected chi connectivity index (χ3v) is 7.43. The number of nitrogens with one attached hydrogen (secondary N) is 1. The zero-order valence-electron chi connectivity index (χ0n) is 25.3. The van der Waals surface area contributed by atoms with Crippen LogP contribution in [0.3, 0.4) is 0 Å². The van der Waals surface area contributed by atoms with E-state index in [1.165, 1.54) is 51.4 Å². The van der Waals surface area contributed by atoms with E-state index in [9.17, 15) is 24.2 Å². The summed E-state index contributed by atoms with van der Waals surface area (Å²) in [6.07, 6.45) is 23.3. The molecule has 0 rings (SSSR count). The van der Waals surface area contributed by atoms with Gasteiger partial charge in [-0.25, -0.2) is 4.57 Å². The lowest BCUT2D eigenvalue weighted by Gasteiger charge is -2.15. The molecule has 0 saturated heterocycles. The number of ether oxygens (including phenoxy) is 1. The zero-order chi connectivity index (χ0) is 29.7. The Labute approximate surface area is 243 Å². The Morgan fingerprint density at radius 2 is 1.27 bits per heavy atom. The number of esters is 1. The van der Waals surface area contributed by atoms with E-state index in [1.54, 1.807) is 0 Å². The molecule has 10 heteroatoms. The average Bonchev–Trinajstić information content (AvgIpc) is 2.93. The van der Waals surface area contributed by atoms with Gasteiger partial charge in [-0.3, -0.25) is 18.6 Å². The normalized spacial score (nSPS) is 13.8. The van der Waals surface area contributed by atoms with Crippen molar-refractivity contribution in [3.8, 4) is 0 Å².